The minimum absolute atomic E-state index is 0.157. The van der Waals surface area contributed by atoms with Crippen molar-refractivity contribution in [1.29, 1.82) is 0 Å². The molecule has 0 saturated carbocycles. The lowest BCUT2D eigenvalue weighted by Crippen LogP contribution is -2.53. The van der Waals surface area contributed by atoms with E-state index in [4.69, 9.17) is 0 Å². The summed E-state index contributed by atoms with van der Waals surface area (Å²) in [5.41, 5.74) is 5.32. The molecule has 5 nitrogen and oxygen atoms in total. The number of benzene rings is 3. The number of nitrogens with one attached hydrogen (secondary N) is 3. The fourth-order valence-electron chi connectivity index (χ4n) is 4.15. The highest BCUT2D eigenvalue weighted by Gasteiger charge is 2.28. The van der Waals surface area contributed by atoms with Gasteiger partial charge in [0.25, 0.3) is 0 Å². The normalized spacial score (nSPS) is 16.0. The molecule has 1 heterocycles. The largest absolute Gasteiger partial charge is 0.343 e. The molecule has 0 bridgehead atoms. The average Bonchev–Trinajstić information content (AvgIpc) is 2.84. The van der Waals surface area contributed by atoms with Gasteiger partial charge in [0.15, 0.2) is 0 Å². The number of amides is 2. The standard InChI is InChI=1S/C28H31N3O2/c1-19(2)21-12-14-24(15-13-21)30-28(33)26(16-20-8-4-3-5-9-20)31-27(32)25-17-22-10-6-7-11-23(22)18-29-25/h3-15,19,25-26,29H,16-18H2,1-2H3,(H,30,33)(H,31,32)/t25-,26-/m1/s1. The van der Waals surface area contributed by atoms with Gasteiger partial charge >= 0.3 is 0 Å². The lowest BCUT2D eigenvalue weighted by molar-refractivity contribution is -0.128. The smallest absolute Gasteiger partial charge is 0.247 e. The maximum atomic E-state index is 13.2. The zero-order valence-corrected chi connectivity index (χ0v) is 19.2. The van der Waals surface area contributed by atoms with E-state index in [-0.39, 0.29) is 17.9 Å². The molecule has 0 radical (unpaired) electrons. The lowest BCUT2D eigenvalue weighted by atomic mass is 9.95. The first kappa shape index (κ1) is 22.7. The molecule has 1 aliphatic heterocycles. The summed E-state index contributed by atoms with van der Waals surface area (Å²) in [6, 6.07) is 24.7. The zero-order chi connectivity index (χ0) is 23.2. The van der Waals surface area contributed by atoms with Crippen LogP contribution in [0.2, 0.25) is 0 Å². The predicted molar refractivity (Wildman–Crippen MR) is 132 cm³/mol. The van der Waals surface area contributed by atoms with Crippen LogP contribution < -0.4 is 16.0 Å². The van der Waals surface area contributed by atoms with Crippen LogP contribution in [0.25, 0.3) is 0 Å². The zero-order valence-electron chi connectivity index (χ0n) is 19.2. The lowest BCUT2D eigenvalue weighted by Gasteiger charge is -2.27. The molecule has 170 valence electrons. The van der Waals surface area contributed by atoms with Crippen molar-refractivity contribution in [3.8, 4) is 0 Å². The molecule has 1 aliphatic rings. The van der Waals surface area contributed by atoms with Crippen molar-refractivity contribution in [1.82, 2.24) is 10.6 Å². The summed E-state index contributed by atoms with van der Waals surface area (Å²) in [6.45, 7) is 4.92. The van der Waals surface area contributed by atoms with E-state index in [9.17, 15) is 9.59 Å². The molecule has 3 aromatic rings. The number of hydrogen-bond acceptors (Lipinski definition) is 3. The van der Waals surface area contributed by atoms with Crippen LogP contribution in [0.4, 0.5) is 5.69 Å². The van der Waals surface area contributed by atoms with Crippen molar-refractivity contribution in [3.63, 3.8) is 0 Å². The Labute approximate surface area is 195 Å². The molecule has 5 heteroatoms. The summed E-state index contributed by atoms with van der Waals surface area (Å²) >= 11 is 0. The monoisotopic (exact) mass is 441 g/mol. The van der Waals surface area contributed by atoms with E-state index in [2.05, 4.69) is 41.9 Å². The molecule has 33 heavy (non-hydrogen) atoms. The van der Waals surface area contributed by atoms with E-state index < -0.39 is 6.04 Å². The number of anilines is 1. The van der Waals surface area contributed by atoms with Crippen molar-refractivity contribution in [2.24, 2.45) is 0 Å². The molecule has 3 N–H and O–H groups in total. The SMILES string of the molecule is CC(C)c1ccc(NC(=O)[C@@H](Cc2ccccc2)NC(=O)[C@H]2Cc3ccccc3CN2)cc1. The van der Waals surface area contributed by atoms with Gasteiger partial charge < -0.3 is 16.0 Å². The van der Waals surface area contributed by atoms with E-state index in [1.165, 1.54) is 16.7 Å². The number of carbonyl (C=O) groups excluding carboxylic acids is 2. The van der Waals surface area contributed by atoms with Gasteiger partial charge in [0.05, 0.1) is 6.04 Å². The number of rotatable bonds is 7. The van der Waals surface area contributed by atoms with Crippen LogP contribution in [0, 0.1) is 0 Å². The van der Waals surface area contributed by atoms with Gasteiger partial charge in [-0.15, -0.1) is 0 Å². The number of fused-ring (bicyclic) bond motifs is 1. The van der Waals surface area contributed by atoms with Gasteiger partial charge in [-0.25, -0.2) is 0 Å². The second-order valence-corrected chi connectivity index (χ2v) is 8.92. The van der Waals surface area contributed by atoms with Crippen LogP contribution in [-0.4, -0.2) is 23.9 Å². The quantitative estimate of drug-likeness (QED) is 0.515. The Balaban J connectivity index is 1.47. The molecule has 0 unspecified atom stereocenters. The molecular formula is C28H31N3O2. The molecule has 0 fully saturated rings. The number of carbonyl (C=O) groups is 2. The van der Waals surface area contributed by atoms with E-state index in [0.29, 0.717) is 25.3 Å². The topological polar surface area (TPSA) is 70.2 Å². The fourth-order valence-corrected chi connectivity index (χ4v) is 4.15. The van der Waals surface area contributed by atoms with Crippen molar-refractivity contribution in [2.75, 3.05) is 5.32 Å². The summed E-state index contributed by atoms with van der Waals surface area (Å²) in [4.78, 5) is 26.3. The highest BCUT2D eigenvalue weighted by Crippen LogP contribution is 2.19. The molecule has 0 aliphatic carbocycles. The second-order valence-electron chi connectivity index (χ2n) is 8.92. The van der Waals surface area contributed by atoms with Crippen LogP contribution in [0.5, 0.6) is 0 Å². The summed E-state index contributed by atoms with van der Waals surface area (Å²) in [6.07, 6.45) is 1.03. The molecule has 3 aromatic carbocycles. The predicted octanol–water partition coefficient (Wildman–Crippen LogP) is 4.19. The first-order valence-corrected chi connectivity index (χ1v) is 11.5. The van der Waals surface area contributed by atoms with E-state index >= 15 is 0 Å². The minimum Gasteiger partial charge on any atom is -0.343 e. The molecule has 0 aromatic heterocycles. The third kappa shape index (κ3) is 5.88. The van der Waals surface area contributed by atoms with E-state index in [1.54, 1.807) is 0 Å². The van der Waals surface area contributed by atoms with E-state index in [0.717, 1.165) is 11.3 Å². The van der Waals surface area contributed by atoms with Crippen LogP contribution in [0.1, 0.15) is 42.0 Å². The molecular weight excluding hydrogens is 410 g/mol. The molecule has 4 rings (SSSR count). The van der Waals surface area contributed by atoms with Crippen LogP contribution >= 0.6 is 0 Å². The van der Waals surface area contributed by atoms with Gasteiger partial charge in [0, 0.05) is 18.7 Å². The Morgan fingerprint density at radius 1 is 0.909 bits per heavy atom. The van der Waals surface area contributed by atoms with Crippen LogP contribution in [0.15, 0.2) is 78.9 Å². The highest BCUT2D eigenvalue weighted by molar-refractivity contribution is 5.98. The Bertz CT molecular complexity index is 1090. The third-order valence-electron chi connectivity index (χ3n) is 6.16. The van der Waals surface area contributed by atoms with Crippen LogP contribution in [-0.2, 0) is 29.0 Å². The first-order valence-electron chi connectivity index (χ1n) is 11.5. The average molecular weight is 442 g/mol. The van der Waals surface area contributed by atoms with Gasteiger partial charge in [-0.3, -0.25) is 9.59 Å². The maximum absolute atomic E-state index is 13.2. The molecule has 2 amide bonds. The Hall–Kier alpha value is -3.44. The third-order valence-corrected chi connectivity index (χ3v) is 6.16. The van der Waals surface area contributed by atoms with Gasteiger partial charge in [-0.1, -0.05) is 80.6 Å². The van der Waals surface area contributed by atoms with Crippen molar-refractivity contribution >= 4 is 17.5 Å². The Kier molecular flexibility index (Phi) is 7.20. The van der Waals surface area contributed by atoms with Gasteiger partial charge in [-0.05, 0) is 46.7 Å². The van der Waals surface area contributed by atoms with Gasteiger partial charge in [0.1, 0.15) is 6.04 Å². The minimum atomic E-state index is -0.677. The van der Waals surface area contributed by atoms with Crippen molar-refractivity contribution in [3.05, 3.63) is 101 Å². The first-order chi connectivity index (χ1) is 16.0. The van der Waals surface area contributed by atoms with Crippen molar-refractivity contribution < 1.29 is 9.59 Å². The molecule has 2 atom stereocenters. The second kappa shape index (κ2) is 10.5. The maximum Gasteiger partial charge on any atom is 0.247 e. The van der Waals surface area contributed by atoms with Gasteiger partial charge in [-0.2, -0.15) is 0 Å². The van der Waals surface area contributed by atoms with E-state index in [1.807, 2.05) is 66.7 Å². The van der Waals surface area contributed by atoms with Gasteiger partial charge in [0.2, 0.25) is 11.8 Å². The fraction of sp³-hybridized carbons (Fsp3) is 0.286. The Morgan fingerprint density at radius 2 is 1.58 bits per heavy atom. The summed E-state index contributed by atoms with van der Waals surface area (Å²) < 4.78 is 0. The van der Waals surface area contributed by atoms with Crippen LogP contribution in [0.3, 0.4) is 0 Å². The highest BCUT2D eigenvalue weighted by atomic mass is 16.2. The summed E-state index contributed by atoms with van der Waals surface area (Å²) in [7, 11) is 0. The molecule has 0 saturated heterocycles. The summed E-state index contributed by atoms with van der Waals surface area (Å²) in [5, 5.41) is 9.29. The Morgan fingerprint density at radius 3 is 2.27 bits per heavy atom. The molecule has 0 spiro atoms. The number of hydrogen-bond donors (Lipinski definition) is 3. The van der Waals surface area contributed by atoms with Crippen molar-refractivity contribution in [2.45, 2.75) is 51.2 Å². The summed E-state index contributed by atoms with van der Waals surface area (Å²) in [5.74, 6) is 0.0458.